The highest BCUT2D eigenvalue weighted by Crippen LogP contribution is 2.21. The molecule has 2 heterocycles. The highest BCUT2D eigenvalue weighted by atomic mass is 16.2. The van der Waals surface area contributed by atoms with Crippen LogP contribution in [0.4, 0.5) is 4.79 Å². The number of hydrogen-bond acceptors (Lipinski definition) is 3. The summed E-state index contributed by atoms with van der Waals surface area (Å²) in [4.78, 5) is 14.1. The number of urea groups is 1. The Labute approximate surface area is 143 Å². The minimum atomic E-state index is -0.113. The number of carbonyl (C=O) groups is 1. The van der Waals surface area contributed by atoms with E-state index in [-0.39, 0.29) is 17.5 Å². The van der Waals surface area contributed by atoms with Gasteiger partial charge >= 0.3 is 6.03 Å². The number of aromatic amines is 1. The third-order valence-corrected chi connectivity index (χ3v) is 3.99. The normalized spacial score (nSPS) is 12.9. The summed E-state index contributed by atoms with van der Waals surface area (Å²) in [6.07, 6.45) is 4.53. The molecule has 24 heavy (non-hydrogen) atoms. The van der Waals surface area contributed by atoms with Crippen molar-refractivity contribution in [2.24, 2.45) is 7.05 Å². The molecule has 0 saturated heterocycles. The summed E-state index contributed by atoms with van der Waals surface area (Å²) in [5.74, 6) is 0. The number of hydrogen-bond donors (Lipinski definition) is 2. The van der Waals surface area contributed by atoms with Gasteiger partial charge in [-0.05, 0) is 12.5 Å². The van der Waals surface area contributed by atoms with Crippen LogP contribution in [0.5, 0.6) is 0 Å². The van der Waals surface area contributed by atoms with Crippen LogP contribution in [0.2, 0.25) is 0 Å². The number of H-pyrrole nitrogens is 1. The molecular weight excluding hydrogens is 304 g/mol. The Morgan fingerprint density at radius 3 is 2.67 bits per heavy atom. The van der Waals surface area contributed by atoms with E-state index < -0.39 is 0 Å². The van der Waals surface area contributed by atoms with Crippen LogP contribution in [0.1, 0.15) is 57.1 Å². The average molecular weight is 332 g/mol. The van der Waals surface area contributed by atoms with Crippen LogP contribution < -0.4 is 5.32 Å². The number of nitrogens with zero attached hydrogens (tertiary/aromatic N) is 4. The Kier molecular flexibility index (Phi) is 5.31. The van der Waals surface area contributed by atoms with Crippen molar-refractivity contribution >= 4 is 6.03 Å². The standard InChI is InChI=1S/C17H28N6O/c1-7-14(12-9-18-23(6)10-12)19-16(24)22(5)11-13-8-15(21-20-13)17(2,3)4/h8-10,14H,7,11H2,1-6H3,(H,19,24)(H,20,21)/t14-/m1/s1. The topological polar surface area (TPSA) is 78.8 Å². The maximum Gasteiger partial charge on any atom is 0.317 e. The van der Waals surface area contributed by atoms with Crippen LogP contribution in [0.3, 0.4) is 0 Å². The lowest BCUT2D eigenvalue weighted by molar-refractivity contribution is 0.201. The van der Waals surface area contributed by atoms with Gasteiger partial charge < -0.3 is 10.2 Å². The second-order valence-corrected chi connectivity index (χ2v) is 7.24. The van der Waals surface area contributed by atoms with Crippen LogP contribution in [-0.2, 0) is 19.0 Å². The first-order valence-electron chi connectivity index (χ1n) is 8.25. The molecule has 0 aliphatic heterocycles. The summed E-state index contributed by atoms with van der Waals surface area (Å²) in [5, 5.41) is 14.6. The molecule has 132 valence electrons. The molecule has 7 heteroatoms. The van der Waals surface area contributed by atoms with Gasteiger partial charge in [0.2, 0.25) is 0 Å². The number of aryl methyl sites for hydroxylation is 1. The van der Waals surface area contributed by atoms with Crippen molar-refractivity contribution in [3.05, 3.63) is 35.4 Å². The number of amides is 2. The highest BCUT2D eigenvalue weighted by Gasteiger charge is 2.20. The zero-order chi connectivity index (χ0) is 17.9. The quantitative estimate of drug-likeness (QED) is 0.883. The monoisotopic (exact) mass is 332 g/mol. The lowest BCUT2D eigenvalue weighted by Gasteiger charge is -2.22. The Hall–Kier alpha value is -2.31. The first-order chi connectivity index (χ1) is 11.2. The van der Waals surface area contributed by atoms with E-state index in [4.69, 9.17) is 0 Å². The summed E-state index contributed by atoms with van der Waals surface area (Å²) in [6.45, 7) is 8.87. The van der Waals surface area contributed by atoms with Crippen molar-refractivity contribution in [2.75, 3.05) is 7.05 Å². The third-order valence-electron chi connectivity index (χ3n) is 3.99. The summed E-state index contributed by atoms with van der Waals surface area (Å²) in [5.41, 5.74) is 2.92. The Morgan fingerprint density at radius 1 is 1.46 bits per heavy atom. The lowest BCUT2D eigenvalue weighted by atomic mass is 9.92. The lowest BCUT2D eigenvalue weighted by Crippen LogP contribution is -2.38. The van der Waals surface area contributed by atoms with E-state index in [2.05, 4.69) is 41.4 Å². The molecule has 2 N–H and O–H groups in total. The van der Waals surface area contributed by atoms with E-state index in [0.717, 1.165) is 23.4 Å². The first kappa shape index (κ1) is 18.0. The first-order valence-corrected chi connectivity index (χ1v) is 8.25. The van der Waals surface area contributed by atoms with Gasteiger partial charge in [0.1, 0.15) is 0 Å². The van der Waals surface area contributed by atoms with E-state index in [9.17, 15) is 4.79 Å². The fourth-order valence-electron chi connectivity index (χ4n) is 2.45. The Bertz CT molecular complexity index is 681. The van der Waals surface area contributed by atoms with Crippen LogP contribution in [-0.4, -0.2) is 38.0 Å². The van der Waals surface area contributed by atoms with Crippen LogP contribution in [0.15, 0.2) is 18.5 Å². The maximum absolute atomic E-state index is 12.5. The molecule has 2 amide bonds. The molecule has 0 aliphatic carbocycles. The van der Waals surface area contributed by atoms with Crippen LogP contribution >= 0.6 is 0 Å². The maximum atomic E-state index is 12.5. The SMILES string of the molecule is CC[C@@H](NC(=O)N(C)Cc1cc(C(C)(C)C)n[nH]1)c1cnn(C)c1. The summed E-state index contributed by atoms with van der Waals surface area (Å²) in [6, 6.07) is 1.86. The molecule has 0 fully saturated rings. The van der Waals surface area contributed by atoms with Gasteiger partial charge in [-0.25, -0.2) is 4.79 Å². The van der Waals surface area contributed by atoms with Gasteiger partial charge in [0.15, 0.2) is 0 Å². The van der Waals surface area contributed by atoms with E-state index in [1.165, 1.54) is 0 Å². The molecule has 0 unspecified atom stereocenters. The van der Waals surface area contributed by atoms with E-state index in [0.29, 0.717) is 6.54 Å². The van der Waals surface area contributed by atoms with Gasteiger partial charge in [0.05, 0.1) is 30.2 Å². The fourth-order valence-corrected chi connectivity index (χ4v) is 2.45. The molecule has 0 bridgehead atoms. The van der Waals surface area contributed by atoms with Crippen molar-refractivity contribution in [3.8, 4) is 0 Å². The number of nitrogens with one attached hydrogen (secondary N) is 2. The Balaban J connectivity index is 1.97. The molecule has 0 aliphatic rings. The van der Waals surface area contributed by atoms with Crippen molar-refractivity contribution in [3.63, 3.8) is 0 Å². The van der Waals surface area contributed by atoms with Crippen molar-refractivity contribution in [2.45, 2.75) is 52.1 Å². The smallest absolute Gasteiger partial charge is 0.317 e. The van der Waals surface area contributed by atoms with Crippen molar-refractivity contribution < 1.29 is 4.79 Å². The molecule has 0 spiro atoms. The zero-order valence-electron chi connectivity index (χ0n) is 15.4. The minimum absolute atomic E-state index is 0.0107. The van der Waals surface area contributed by atoms with E-state index in [1.807, 2.05) is 26.2 Å². The fraction of sp³-hybridized carbons (Fsp3) is 0.588. The van der Waals surface area contributed by atoms with Crippen molar-refractivity contribution in [1.82, 2.24) is 30.2 Å². The van der Waals surface area contributed by atoms with Gasteiger partial charge in [0, 0.05) is 31.3 Å². The number of rotatable bonds is 5. The van der Waals surface area contributed by atoms with Crippen LogP contribution in [0, 0.1) is 0 Å². The van der Waals surface area contributed by atoms with Gasteiger partial charge in [-0.2, -0.15) is 10.2 Å². The highest BCUT2D eigenvalue weighted by molar-refractivity contribution is 5.74. The minimum Gasteiger partial charge on any atom is -0.331 e. The molecule has 2 rings (SSSR count). The third kappa shape index (κ3) is 4.37. The van der Waals surface area contributed by atoms with Gasteiger partial charge in [-0.3, -0.25) is 9.78 Å². The molecule has 2 aromatic heterocycles. The van der Waals surface area contributed by atoms with E-state index >= 15 is 0 Å². The Morgan fingerprint density at radius 2 is 2.17 bits per heavy atom. The van der Waals surface area contributed by atoms with Crippen LogP contribution in [0.25, 0.3) is 0 Å². The van der Waals surface area contributed by atoms with Crippen molar-refractivity contribution in [1.29, 1.82) is 0 Å². The average Bonchev–Trinajstić information content (AvgIpc) is 3.13. The molecule has 0 aromatic carbocycles. The summed E-state index contributed by atoms with van der Waals surface area (Å²) in [7, 11) is 3.65. The molecule has 0 radical (unpaired) electrons. The molecule has 1 atom stereocenters. The summed E-state index contributed by atoms with van der Waals surface area (Å²) < 4.78 is 1.74. The zero-order valence-corrected chi connectivity index (χ0v) is 15.4. The number of carbonyl (C=O) groups excluding carboxylic acids is 1. The second-order valence-electron chi connectivity index (χ2n) is 7.24. The van der Waals surface area contributed by atoms with E-state index in [1.54, 1.807) is 22.8 Å². The van der Waals surface area contributed by atoms with Gasteiger partial charge in [0.25, 0.3) is 0 Å². The predicted octanol–water partition coefficient (Wildman–Crippen LogP) is 2.73. The number of aromatic nitrogens is 4. The largest absolute Gasteiger partial charge is 0.331 e. The molecule has 2 aromatic rings. The molecule has 7 nitrogen and oxygen atoms in total. The second kappa shape index (κ2) is 7.07. The summed E-state index contributed by atoms with van der Waals surface area (Å²) >= 11 is 0. The van der Waals surface area contributed by atoms with Gasteiger partial charge in [-0.1, -0.05) is 27.7 Å². The molecule has 0 saturated carbocycles. The predicted molar refractivity (Wildman–Crippen MR) is 93.5 cm³/mol. The van der Waals surface area contributed by atoms with Gasteiger partial charge in [-0.15, -0.1) is 0 Å². The molecular formula is C17H28N6O.